The first-order valence-electron chi connectivity index (χ1n) is 5.62. The van der Waals surface area contributed by atoms with Gasteiger partial charge in [0.05, 0.1) is 5.29 Å². The van der Waals surface area contributed by atoms with E-state index in [2.05, 4.69) is 22.4 Å². The highest BCUT2D eigenvalue weighted by atomic mass is 32.2. The van der Waals surface area contributed by atoms with E-state index in [-0.39, 0.29) is 0 Å². The van der Waals surface area contributed by atoms with Crippen molar-refractivity contribution in [2.45, 2.75) is 39.5 Å². The standard InChI is InChI=1S/C10H18N4OS/c1-3-4-5-6-7-14-10(11-13-15)16-8-9(2)12-14/h3-8H2,1-2H3/b11-10+. The normalized spacial score (nSPS) is 18.8. The second-order valence-corrected chi connectivity index (χ2v) is 4.71. The Kier molecular flexibility index (Phi) is 6.07. The lowest BCUT2D eigenvalue weighted by molar-refractivity contribution is 0.427. The summed E-state index contributed by atoms with van der Waals surface area (Å²) in [5, 5.41) is 12.9. The van der Waals surface area contributed by atoms with E-state index in [1.807, 2.05) is 6.92 Å². The zero-order chi connectivity index (χ0) is 11.8. The summed E-state index contributed by atoms with van der Waals surface area (Å²) in [5.41, 5.74) is 1.06. The van der Waals surface area contributed by atoms with Gasteiger partial charge >= 0.3 is 0 Å². The Bertz CT molecular complexity index is 291. The molecule has 0 bridgehead atoms. The van der Waals surface area contributed by atoms with Crippen molar-refractivity contribution in [2.24, 2.45) is 15.5 Å². The van der Waals surface area contributed by atoms with Gasteiger partial charge < -0.3 is 0 Å². The zero-order valence-corrected chi connectivity index (χ0v) is 10.7. The molecule has 1 rings (SSSR count). The lowest BCUT2D eigenvalue weighted by Crippen LogP contribution is -2.30. The molecule has 0 aliphatic carbocycles. The van der Waals surface area contributed by atoms with E-state index in [9.17, 15) is 4.91 Å². The molecule has 0 aromatic rings. The van der Waals surface area contributed by atoms with Crippen LogP contribution in [0.25, 0.3) is 0 Å². The molecule has 1 aliphatic rings. The molecule has 0 radical (unpaired) electrons. The van der Waals surface area contributed by atoms with Crippen molar-refractivity contribution in [2.75, 3.05) is 12.3 Å². The molecular formula is C10H18N4OS. The van der Waals surface area contributed by atoms with E-state index >= 15 is 0 Å². The zero-order valence-electron chi connectivity index (χ0n) is 9.85. The number of nitroso groups, excluding NO2 is 1. The van der Waals surface area contributed by atoms with Crippen molar-refractivity contribution >= 4 is 22.6 Å². The van der Waals surface area contributed by atoms with Crippen LogP contribution in [0.1, 0.15) is 39.5 Å². The molecule has 90 valence electrons. The Hall–Kier alpha value is -0.910. The van der Waals surface area contributed by atoms with E-state index in [0.29, 0.717) is 5.17 Å². The van der Waals surface area contributed by atoms with Crippen molar-refractivity contribution < 1.29 is 0 Å². The first-order chi connectivity index (χ1) is 7.77. The van der Waals surface area contributed by atoms with Crippen LogP contribution in [0.2, 0.25) is 0 Å². The van der Waals surface area contributed by atoms with Gasteiger partial charge in [-0.3, -0.25) is 0 Å². The van der Waals surface area contributed by atoms with Gasteiger partial charge in [-0.15, -0.1) is 4.91 Å². The monoisotopic (exact) mass is 242 g/mol. The molecular weight excluding hydrogens is 224 g/mol. The average molecular weight is 242 g/mol. The maximum atomic E-state index is 10.2. The van der Waals surface area contributed by atoms with Crippen LogP contribution in [0.5, 0.6) is 0 Å². The van der Waals surface area contributed by atoms with Crippen molar-refractivity contribution in [3.8, 4) is 0 Å². The van der Waals surface area contributed by atoms with Crippen molar-refractivity contribution in [3.63, 3.8) is 0 Å². The van der Waals surface area contributed by atoms with Gasteiger partial charge in [-0.1, -0.05) is 43.0 Å². The van der Waals surface area contributed by atoms with Crippen LogP contribution in [-0.2, 0) is 0 Å². The minimum atomic E-state index is 0.622. The van der Waals surface area contributed by atoms with E-state index in [4.69, 9.17) is 0 Å². The fourth-order valence-corrected chi connectivity index (χ4v) is 2.24. The molecule has 1 aliphatic heterocycles. The maximum Gasteiger partial charge on any atom is 0.209 e. The smallest absolute Gasteiger partial charge is 0.209 e. The number of unbranched alkanes of at least 4 members (excludes halogenated alkanes) is 3. The van der Waals surface area contributed by atoms with Gasteiger partial charge in [0.2, 0.25) is 5.17 Å². The second-order valence-electron chi connectivity index (χ2n) is 3.77. The van der Waals surface area contributed by atoms with Gasteiger partial charge in [0.1, 0.15) is 0 Å². The van der Waals surface area contributed by atoms with Gasteiger partial charge in [-0.05, 0) is 13.3 Å². The minimum absolute atomic E-state index is 0.622. The predicted molar refractivity (Wildman–Crippen MR) is 69.6 cm³/mol. The molecule has 0 N–H and O–H groups in total. The van der Waals surface area contributed by atoms with Crippen molar-refractivity contribution in [3.05, 3.63) is 4.91 Å². The van der Waals surface area contributed by atoms with Crippen LogP contribution in [-0.4, -0.2) is 28.2 Å². The van der Waals surface area contributed by atoms with E-state index in [1.54, 1.807) is 5.01 Å². The number of nitrogens with zero attached hydrogens (tertiary/aromatic N) is 4. The maximum absolute atomic E-state index is 10.2. The summed E-state index contributed by atoms with van der Waals surface area (Å²) in [4.78, 5) is 10.2. The molecule has 0 spiro atoms. The number of rotatable bonds is 6. The van der Waals surface area contributed by atoms with Crippen LogP contribution < -0.4 is 0 Å². The lowest BCUT2D eigenvalue weighted by atomic mass is 10.2. The Morgan fingerprint density at radius 1 is 1.44 bits per heavy atom. The number of hydrazone groups is 1. The van der Waals surface area contributed by atoms with Crippen molar-refractivity contribution in [1.29, 1.82) is 0 Å². The molecule has 1 heterocycles. The predicted octanol–water partition coefficient (Wildman–Crippen LogP) is 3.03. The molecule has 0 saturated carbocycles. The summed E-state index contributed by atoms with van der Waals surface area (Å²) >= 11 is 1.52. The van der Waals surface area contributed by atoms with Crippen LogP contribution in [0.15, 0.2) is 15.5 Å². The molecule has 16 heavy (non-hydrogen) atoms. The van der Waals surface area contributed by atoms with Crippen LogP contribution >= 0.6 is 11.8 Å². The van der Waals surface area contributed by atoms with Crippen LogP contribution in [0.4, 0.5) is 0 Å². The third kappa shape index (κ3) is 4.30. The quantitative estimate of drug-likeness (QED) is 0.408. The van der Waals surface area contributed by atoms with Gasteiger partial charge in [0.25, 0.3) is 0 Å². The summed E-state index contributed by atoms with van der Waals surface area (Å²) < 4.78 is 0. The highest BCUT2D eigenvalue weighted by Gasteiger charge is 2.17. The fourth-order valence-electron chi connectivity index (χ4n) is 1.47. The van der Waals surface area contributed by atoms with Crippen LogP contribution in [0, 0.1) is 4.91 Å². The number of thioether (sulfide) groups is 1. The van der Waals surface area contributed by atoms with E-state index in [1.165, 1.54) is 31.0 Å². The topological polar surface area (TPSA) is 57.4 Å². The van der Waals surface area contributed by atoms with Gasteiger partial charge in [-0.2, -0.15) is 5.10 Å². The van der Waals surface area contributed by atoms with Gasteiger partial charge in [-0.25, -0.2) is 5.01 Å². The molecule has 6 heteroatoms. The molecule has 0 unspecified atom stereocenters. The third-order valence-corrected chi connectivity index (χ3v) is 3.38. The lowest BCUT2D eigenvalue weighted by Gasteiger charge is -2.23. The minimum Gasteiger partial charge on any atom is -0.241 e. The highest BCUT2D eigenvalue weighted by Crippen LogP contribution is 2.17. The molecule has 0 aromatic carbocycles. The number of hydrogen-bond acceptors (Lipinski definition) is 4. The van der Waals surface area contributed by atoms with Crippen LogP contribution in [0.3, 0.4) is 0 Å². The summed E-state index contributed by atoms with van der Waals surface area (Å²) in [6.07, 6.45) is 4.72. The average Bonchev–Trinajstić information content (AvgIpc) is 2.28. The Balaban J connectivity index is 2.48. The van der Waals surface area contributed by atoms with Gasteiger partial charge in [0.15, 0.2) is 0 Å². The molecule has 0 saturated heterocycles. The Labute approximate surface area is 100 Å². The number of amidine groups is 1. The molecule has 0 aromatic heterocycles. The Morgan fingerprint density at radius 2 is 2.25 bits per heavy atom. The molecule has 0 atom stereocenters. The van der Waals surface area contributed by atoms with E-state index < -0.39 is 0 Å². The summed E-state index contributed by atoms with van der Waals surface area (Å²) in [7, 11) is 0. The van der Waals surface area contributed by atoms with E-state index in [0.717, 1.165) is 24.4 Å². The summed E-state index contributed by atoms with van der Waals surface area (Å²) in [6.45, 7) is 4.98. The first kappa shape index (κ1) is 13.2. The summed E-state index contributed by atoms with van der Waals surface area (Å²) in [5.74, 6) is 0.791. The SMILES string of the molecule is CCCCCCN1N=C(C)CS/C1=N/N=O. The largest absolute Gasteiger partial charge is 0.241 e. The molecule has 5 nitrogen and oxygen atoms in total. The fraction of sp³-hybridized carbons (Fsp3) is 0.800. The van der Waals surface area contributed by atoms with Gasteiger partial charge in [0, 0.05) is 18.0 Å². The van der Waals surface area contributed by atoms with Crippen molar-refractivity contribution in [1.82, 2.24) is 5.01 Å². The molecule has 0 fully saturated rings. The summed E-state index contributed by atoms with van der Waals surface area (Å²) in [6, 6.07) is 0. The third-order valence-electron chi connectivity index (χ3n) is 2.27. The number of hydrogen-bond donors (Lipinski definition) is 0. The first-order valence-corrected chi connectivity index (χ1v) is 6.61. The Morgan fingerprint density at radius 3 is 2.94 bits per heavy atom. The highest BCUT2D eigenvalue weighted by molar-refractivity contribution is 8.14. The molecule has 0 amide bonds. The second kappa shape index (κ2) is 7.38.